The first kappa shape index (κ1) is 9.40. The van der Waals surface area contributed by atoms with E-state index in [9.17, 15) is 0 Å². The second-order valence-corrected chi connectivity index (χ2v) is 1.77. The molecule has 0 unspecified atom stereocenters. The third kappa shape index (κ3) is 42.8. The first-order valence-corrected chi connectivity index (χ1v) is 3.69. The fourth-order valence-electron chi connectivity index (χ4n) is 0. The summed E-state index contributed by atoms with van der Waals surface area (Å²) in [6, 6.07) is 0. The van der Waals surface area contributed by atoms with Crippen LogP contribution in [0, 0.1) is 0 Å². The van der Waals surface area contributed by atoms with E-state index in [1.165, 1.54) is 7.05 Å². The molecule has 0 fully saturated rings. The molecule has 0 heterocycles. The van der Waals surface area contributed by atoms with Crippen LogP contribution in [0.15, 0.2) is 0 Å². The fraction of sp³-hybridized carbons (Fsp3) is 1.00. The Morgan fingerprint density at radius 3 is 1.40 bits per heavy atom. The molecule has 0 spiro atoms. The van der Waals surface area contributed by atoms with Gasteiger partial charge in [0, 0.05) is 0 Å². The van der Waals surface area contributed by atoms with Crippen LogP contribution in [0.1, 0.15) is 0 Å². The zero-order valence-corrected chi connectivity index (χ0v) is 5.22. The molecule has 0 saturated heterocycles. The third-order valence-corrected chi connectivity index (χ3v) is 0. The summed E-state index contributed by atoms with van der Waals surface area (Å²) >= 11 is 0.382. The normalized spacial score (nSPS) is 5.60. The first-order chi connectivity index (χ1) is 2.41. The Labute approximate surface area is 46.3 Å². The summed E-state index contributed by atoms with van der Waals surface area (Å²) in [4.78, 5) is 0. The van der Waals surface area contributed by atoms with Crippen LogP contribution in [0.3, 0.4) is 0 Å². The molecule has 0 saturated carbocycles. The summed E-state index contributed by atoms with van der Waals surface area (Å²) in [7, 11) is 11.0. The molecule has 0 rings (SSSR count). The molecule has 0 radical (unpaired) electrons. The molecule has 0 bridgehead atoms. The molecule has 0 atom stereocenters. The molecule has 1 nitrogen and oxygen atoms in total. The van der Waals surface area contributed by atoms with Crippen LogP contribution in [0.25, 0.3) is 0 Å². The second kappa shape index (κ2) is 19.7. The van der Waals surface area contributed by atoms with E-state index in [1.54, 1.807) is 0 Å². The van der Waals surface area contributed by atoms with Gasteiger partial charge in [0.25, 0.3) is 0 Å². The Morgan fingerprint density at radius 1 is 1.40 bits per heavy atom. The molecule has 0 aromatic heterocycles. The van der Waals surface area contributed by atoms with Crippen LogP contribution in [0.2, 0.25) is 0 Å². The number of rotatable bonds is 0. The van der Waals surface area contributed by atoms with Gasteiger partial charge in [0.05, 0.1) is 0 Å². The zero-order valence-electron chi connectivity index (χ0n) is 2.67. The number of hydrogen-bond donors (Lipinski definition) is 1. The molecule has 0 amide bonds. The molecule has 0 aromatic rings. The number of halogens is 2. The van der Waals surface area contributed by atoms with E-state index >= 15 is 0 Å². The van der Waals surface area contributed by atoms with Crippen molar-refractivity contribution in [1.29, 1.82) is 0 Å². The molecule has 0 aliphatic heterocycles. The fourth-order valence-corrected chi connectivity index (χ4v) is 0. The summed E-state index contributed by atoms with van der Waals surface area (Å²) in [6.07, 6.45) is 0. The van der Waals surface area contributed by atoms with E-state index in [0.717, 1.165) is 0 Å². The summed E-state index contributed by atoms with van der Waals surface area (Å²) < 4.78 is 0. The van der Waals surface area contributed by atoms with Gasteiger partial charge in [-0.2, -0.15) is 0 Å². The van der Waals surface area contributed by atoms with Gasteiger partial charge in [-0.15, -0.1) is 0 Å². The van der Waals surface area contributed by atoms with Crippen LogP contribution >= 0.6 is 20.3 Å². The van der Waals surface area contributed by atoms with Crippen molar-refractivity contribution in [3.63, 3.8) is 0 Å². The van der Waals surface area contributed by atoms with E-state index in [1.807, 2.05) is 0 Å². The van der Waals surface area contributed by atoms with Crippen molar-refractivity contribution in [3.8, 4) is 0 Å². The third-order valence-electron chi connectivity index (χ3n) is 0. The quantitative estimate of drug-likeness (QED) is 0.562. The van der Waals surface area contributed by atoms with Crippen molar-refractivity contribution in [3.05, 3.63) is 0 Å². The monoisotopic (exact) mass is 160 g/mol. The van der Waals surface area contributed by atoms with Crippen LogP contribution in [0.4, 0.5) is 0 Å². The van der Waals surface area contributed by atoms with Crippen molar-refractivity contribution < 1.29 is 12.9 Å². The average molecular weight is 161 g/mol. The van der Waals surface area contributed by atoms with Crippen LogP contribution in [-0.2, 0) is 12.9 Å². The van der Waals surface area contributed by atoms with Gasteiger partial charge in [-0.25, -0.2) is 0 Å². The maximum atomic E-state index is 4.73. The summed E-state index contributed by atoms with van der Waals surface area (Å²) in [5.41, 5.74) is 4.50. The Hall–Kier alpha value is 1.05. The Morgan fingerprint density at radius 2 is 1.40 bits per heavy atom. The molecular formula is CH5Cl2CoN. The zero-order chi connectivity index (χ0) is 4.71. The van der Waals surface area contributed by atoms with Gasteiger partial charge in [-0.05, 0) is 7.05 Å². The molecule has 37 valence electrons. The number of nitrogens with two attached hydrogens (primary N) is 1. The van der Waals surface area contributed by atoms with Gasteiger partial charge in [0.15, 0.2) is 0 Å². The summed E-state index contributed by atoms with van der Waals surface area (Å²) in [6.45, 7) is 0. The molecule has 2 N–H and O–H groups in total. The summed E-state index contributed by atoms with van der Waals surface area (Å²) in [5, 5.41) is 0. The first-order valence-electron chi connectivity index (χ1n) is 0.829. The SMILES string of the molecule is CN.[Cl][Co][Cl]. The van der Waals surface area contributed by atoms with Crippen molar-refractivity contribution in [1.82, 2.24) is 0 Å². The van der Waals surface area contributed by atoms with E-state index < -0.39 is 0 Å². The predicted molar refractivity (Wildman–Crippen MR) is 21.8 cm³/mol. The molecule has 5 heavy (non-hydrogen) atoms. The Bertz CT molecular complexity index is 9.61. The van der Waals surface area contributed by atoms with Crippen LogP contribution in [-0.4, -0.2) is 7.05 Å². The van der Waals surface area contributed by atoms with Gasteiger partial charge in [-0.1, -0.05) is 0 Å². The molecular weight excluding hydrogens is 156 g/mol. The van der Waals surface area contributed by atoms with Crippen molar-refractivity contribution in [2.24, 2.45) is 5.73 Å². The van der Waals surface area contributed by atoms with E-state index in [-0.39, 0.29) is 0 Å². The van der Waals surface area contributed by atoms with E-state index in [0.29, 0.717) is 12.9 Å². The minimum atomic E-state index is 0.382. The second-order valence-electron chi connectivity index (χ2n) is 0.0476. The minimum absolute atomic E-state index is 0.382. The molecule has 4 heteroatoms. The van der Waals surface area contributed by atoms with Gasteiger partial charge in [-0.3, -0.25) is 0 Å². The summed E-state index contributed by atoms with van der Waals surface area (Å²) in [5.74, 6) is 0. The van der Waals surface area contributed by atoms with E-state index in [4.69, 9.17) is 20.3 Å². The van der Waals surface area contributed by atoms with Crippen molar-refractivity contribution in [2.45, 2.75) is 0 Å². The predicted octanol–water partition coefficient (Wildman–Crippen LogP) is 0.951. The van der Waals surface area contributed by atoms with Crippen LogP contribution in [0.5, 0.6) is 0 Å². The van der Waals surface area contributed by atoms with Gasteiger partial charge in [0.1, 0.15) is 0 Å². The molecule has 0 aliphatic carbocycles. The topological polar surface area (TPSA) is 26.0 Å². The Balaban J connectivity index is 0. The van der Waals surface area contributed by atoms with Gasteiger partial charge >= 0.3 is 33.2 Å². The van der Waals surface area contributed by atoms with Crippen molar-refractivity contribution in [2.75, 3.05) is 7.05 Å². The molecule has 0 aliphatic rings. The van der Waals surface area contributed by atoms with E-state index in [2.05, 4.69) is 5.73 Å². The van der Waals surface area contributed by atoms with Gasteiger partial charge in [0.2, 0.25) is 0 Å². The van der Waals surface area contributed by atoms with Gasteiger partial charge < -0.3 is 5.73 Å². The maximum absolute atomic E-state index is 4.73. The Kier molecular flexibility index (Phi) is 37.1. The van der Waals surface area contributed by atoms with Crippen molar-refractivity contribution >= 4 is 20.3 Å². The number of hydrogen-bond acceptors (Lipinski definition) is 1. The van der Waals surface area contributed by atoms with Crippen LogP contribution < -0.4 is 5.73 Å². The average Bonchev–Trinajstić information content (AvgIpc) is 1.46. The standard InChI is InChI=1S/CH5N.2ClH.Co/c1-2;;;/h2H2,1H3;2*1H;/q;;;+2/p-2. The molecule has 0 aromatic carbocycles.